The highest BCUT2D eigenvalue weighted by atomic mass is 32.2. The third-order valence-corrected chi connectivity index (χ3v) is 4.76. The molecule has 86 valence electrons. The molecule has 0 bridgehead atoms. The van der Waals surface area contributed by atoms with Crippen LogP contribution in [0.15, 0.2) is 0 Å². The summed E-state index contributed by atoms with van der Waals surface area (Å²) in [7, 11) is 0. The molecule has 3 nitrogen and oxygen atoms in total. The third-order valence-electron chi connectivity index (χ3n) is 3.82. The monoisotopic (exact) mass is 228 g/mol. The van der Waals surface area contributed by atoms with Crippen molar-refractivity contribution in [1.29, 1.82) is 0 Å². The standard InChI is InChI=1S/C11H20N2OS/c1-11(4-2-3-9(11)12)10(14)13-5-7-15-8-6-13/h9H,2-8,12H2,1H3. The first-order chi connectivity index (χ1) is 7.14. The summed E-state index contributed by atoms with van der Waals surface area (Å²) in [5.74, 6) is 2.46. The molecule has 0 aromatic heterocycles. The summed E-state index contributed by atoms with van der Waals surface area (Å²) in [6.45, 7) is 3.87. The molecular weight excluding hydrogens is 208 g/mol. The average molecular weight is 228 g/mol. The molecule has 2 atom stereocenters. The number of hydrogen-bond acceptors (Lipinski definition) is 3. The zero-order valence-electron chi connectivity index (χ0n) is 9.37. The summed E-state index contributed by atoms with van der Waals surface area (Å²) in [6.07, 6.45) is 3.08. The van der Waals surface area contributed by atoms with E-state index in [0.29, 0.717) is 5.91 Å². The fraction of sp³-hybridized carbons (Fsp3) is 0.909. The Kier molecular flexibility index (Phi) is 3.26. The van der Waals surface area contributed by atoms with Crippen LogP contribution in [0.1, 0.15) is 26.2 Å². The van der Waals surface area contributed by atoms with Crippen molar-refractivity contribution < 1.29 is 4.79 Å². The summed E-state index contributed by atoms with van der Waals surface area (Å²) in [5.41, 5.74) is 5.79. The number of amides is 1. The van der Waals surface area contributed by atoms with E-state index in [4.69, 9.17) is 5.73 Å². The van der Waals surface area contributed by atoms with Crippen LogP contribution in [0.4, 0.5) is 0 Å². The Morgan fingerprint density at radius 2 is 2.13 bits per heavy atom. The second-order valence-electron chi connectivity index (χ2n) is 4.82. The molecule has 15 heavy (non-hydrogen) atoms. The van der Waals surface area contributed by atoms with E-state index >= 15 is 0 Å². The molecule has 1 heterocycles. The molecule has 0 aromatic rings. The zero-order valence-corrected chi connectivity index (χ0v) is 10.2. The van der Waals surface area contributed by atoms with Gasteiger partial charge in [-0.25, -0.2) is 0 Å². The predicted octanol–water partition coefficient (Wildman–Crippen LogP) is 1.08. The van der Waals surface area contributed by atoms with E-state index in [1.54, 1.807) is 0 Å². The Morgan fingerprint density at radius 3 is 2.67 bits per heavy atom. The number of carbonyl (C=O) groups excluding carboxylic acids is 1. The van der Waals surface area contributed by atoms with Gasteiger partial charge in [-0.15, -0.1) is 0 Å². The highest BCUT2D eigenvalue weighted by molar-refractivity contribution is 7.99. The van der Waals surface area contributed by atoms with E-state index in [1.807, 2.05) is 16.7 Å². The molecule has 0 aromatic carbocycles. The van der Waals surface area contributed by atoms with Gasteiger partial charge in [0.15, 0.2) is 0 Å². The highest BCUT2D eigenvalue weighted by Gasteiger charge is 2.45. The molecule has 2 unspecified atom stereocenters. The van der Waals surface area contributed by atoms with Crippen LogP contribution in [0.5, 0.6) is 0 Å². The van der Waals surface area contributed by atoms with Crippen molar-refractivity contribution in [2.75, 3.05) is 24.6 Å². The fourth-order valence-corrected chi connectivity index (χ4v) is 3.49. The Labute approximate surface area is 95.8 Å². The van der Waals surface area contributed by atoms with Crippen molar-refractivity contribution in [3.8, 4) is 0 Å². The van der Waals surface area contributed by atoms with E-state index in [2.05, 4.69) is 6.92 Å². The molecule has 4 heteroatoms. The van der Waals surface area contributed by atoms with Gasteiger partial charge in [-0.1, -0.05) is 6.42 Å². The number of nitrogens with two attached hydrogens (primary N) is 1. The van der Waals surface area contributed by atoms with E-state index < -0.39 is 0 Å². The Bertz CT molecular complexity index is 253. The van der Waals surface area contributed by atoms with Crippen LogP contribution < -0.4 is 5.73 Å². The first kappa shape index (κ1) is 11.3. The van der Waals surface area contributed by atoms with E-state index in [0.717, 1.165) is 43.9 Å². The lowest BCUT2D eigenvalue weighted by Gasteiger charge is -2.36. The lowest BCUT2D eigenvalue weighted by molar-refractivity contribution is -0.141. The number of nitrogens with zero attached hydrogens (tertiary/aromatic N) is 1. The van der Waals surface area contributed by atoms with Gasteiger partial charge in [-0.05, 0) is 19.8 Å². The van der Waals surface area contributed by atoms with Crippen LogP contribution in [0.25, 0.3) is 0 Å². The maximum atomic E-state index is 12.4. The van der Waals surface area contributed by atoms with Gasteiger partial charge in [0.2, 0.25) is 5.91 Å². The molecule has 2 rings (SSSR count). The van der Waals surface area contributed by atoms with Crippen LogP contribution >= 0.6 is 11.8 Å². The molecule has 1 aliphatic heterocycles. The summed E-state index contributed by atoms with van der Waals surface area (Å²) in [6, 6.07) is 0.0691. The van der Waals surface area contributed by atoms with Crippen molar-refractivity contribution in [1.82, 2.24) is 4.90 Å². The minimum absolute atomic E-state index is 0.0691. The molecule has 0 radical (unpaired) electrons. The number of thioether (sulfide) groups is 1. The second-order valence-corrected chi connectivity index (χ2v) is 6.05. The zero-order chi connectivity index (χ0) is 10.9. The fourth-order valence-electron chi connectivity index (χ4n) is 2.59. The van der Waals surface area contributed by atoms with E-state index in [1.165, 1.54) is 0 Å². The summed E-state index contributed by atoms with van der Waals surface area (Å²) >= 11 is 1.93. The summed E-state index contributed by atoms with van der Waals surface area (Å²) in [4.78, 5) is 14.4. The van der Waals surface area contributed by atoms with Crippen molar-refractivity contribution >= 4 is 17.7 Å². The minimum atomic E-state index is -0.276. The molecule has 2 N–H and O–H groups in total. The van der Waals surface area contributed by atoms with Crippen LogP contribution in [0.3, 0.4) is 0 Å². The van der Waals surface area contributed by atoms with Crippen molar-refractivity contribution in [2.24, 2.45) is 11.1 Å². The summed E-state index contributed by atoms with van der Waals surface area (Å²) in [5, 5.41) is 0. The SMILES string of the molecule is CC1(C(=O)N2CCSCC2)CCCC1N. The van der Waals surface area contributed by atoms with Gasteiger partial charge >= 0.3 is 0 Å². The average Bonchev–Trinajstić information content (AvgIpc) is 2.61. The maximum Gasteiger partial charge on any atom is 0.230 e. The predicted molar refractivity (Wildman–Crippen MR) is 63.8 cm³/mol. The first-order valence-corrected chi connectivity index (χ1v) is 6.93. The van der Waals surface area contributed by atoms with Gasteiger partial charge < -0.3 is 10.6 Å². The van der Waals surface area contributed by atoms with Gasteiger partial charge in [0.1, 0.15) is 0 Å². The topological polar surface area (TPSA) is 46.3 Å². The van der Waals surface area contributed by atoms with E-state index in [-0.39, 0.29) is 11.5 Å². The van der Waals surface area contributed by atoms with Crippen LogP contribution in [0, 0.1) is 5.41 Å². The van der Waals surface area contributed by atoms with Gasteiger partial charge in [-0.2, -0.15) is 11.8 Å². The van der Waals surface area contributed by atoms with Crippen LogP contribution in [-0.2, 0) is 4.79 Å². The molecule has 2 fully saturated rings. The van der Waals surface area contributed by atoms with Gasteiger partial charge in [0.25, 0.3) is 0 Å². The van der Waals surface area contributed by atoms with Gasteiger partial charge in [-0.3, -0.25) is 4.79 Å². The van der Waals surface area contributed by atoms with Crippen LogP contribution in [0.2, 0.25) is 0 Å². The van der Waals surface area contributed by atoms with Crippen molar-refractivity contribution in [2.45, 2.75) is 32.2 Å². The Hall–Kier alpha value is -0.220. The molecule has 1 saturated carbocycles. The minimum Gasteiger partial charge on any atom is -0.341 e. The lowest BCUT2D eigenvalue weighted by Crippen LogP contribution is -2.51. The molecule has 0 spiro atoms. The smallest absolute Gasteiger partial charge is 0.230 e. The van der Waals surface area contributed by atoms with Crippen molar-refractivity contribution in [3.63, 3.8) is 0 Å². The number of hydrogen-bond donors (Lipinski definition) is 1. The molecule has 1 amide bonds. The third kappa shape index (κ3) is 2.02. The van der Waals surface area contributed by atoms with Gasteiger partial charge in [0, 0.05) is 30.6 Å². The summed E-state index contributed by atoms with van der Waals surface area (Å²) < 4.78 is 0. The second kappa shape index (κ2) is 4.34. The molecular formula is C11H20N2OS. The Balaban J connectivity index is 2.05. The number of rotatable bonds is 1. The lowest BCUT2D eigenvalue weighted by atomic mass is 9.83. The van der Waals surface area contributed by atoms with Crippen LogP contribution in [-0.4, -0.2) is 41.4 Å². The molecule has 1 aliphatic carbocycles. The van der Waals surface area contributed by atoms with Crippen molar-refractivity contribution in [3.05, 3.63) is 0 Å². The number of carbonyl (C=O) groups is 1. The molecule has 2 aliphatic rings. The van der Waals surface area contributed by atoms with E-state index in [9.17, 15) is 4.79 Å². The quantitative estimate of drug-likeness (QED) is 0.730. The first-order valence-electron chi connectivity index (χ1n) is 5.77. The highest BCUT2D eigenvalue weighted by Crippen LogP contribution is 2.38. The normalized spacial score (nSPS) is 36.9. The molecule has 1 saturated heterocycles. The largest absolute Gasteiger partial charge is 0.341 e. The van der Waals surface area contributed by atoms with Gasteiger partial charge in [0.05, 0.1) is 5.41 Å². The Morgan fingerprint density at radius 1 is 1.47 bits per heavy atom. The maximum absolute atomic E-state index is 12.4.